The first-order valence-corrected chi connectivity index (χ1v) is 10.2. The lowest BCUT2D eigenvalue weighted by molar-refractivity contribution is -0.132. The highest BCUT2D eigenvalue weighted by Crippen LogP contribution is 2.34. The molecule has 0 spiro atoms. The van der Waals surface area contributed by atoms with E-state index in [1.807, 2.05) is 54.4 Å². The number of nitrogens with zero attached hydrogens (tertiary/aromatic N) is 2. The molecule has 1 aliphatic rings. The number of pyridine rings is 1. The largest absolute Gasteiger partial charge is 0.493 e. The molecule has 29 heavy (non-hydrogen) atoms. The highest BCUT2D eigenvalue weighted by atomic mass is 16.5. The number of ether oxygens (including phenoxy) is 2. The number of amides is 1. The van der Waals surface area contributed by atoms with E-state index in [4.69, 9.17) is 9.47 Å². The van der Waals surface area contributed by atoms with Gasteiger partial charge in [-0.3, -0.25) is 9.78 Å². The van der Waals surface area contributed by atoms with Crippen molar-refractivity contribution in [2.45, 2.75) is 32.3 Å². The Morgan fingerprint density at radius 3 is 2.62 bits per heavy atom. The fourth-order valence-electron chi connectivity index (χ4n) is 3.80. The van der Waals surface area contributed by atoms with E-state index in [1.54, 1.807) is 7.11 Å². The molecule has 2 heterocycles. The van der Waals surface area contributed by atoms with Gasteiger partial charge in [0.05, 0.1) is 12.6 Å². The fourth-order valence-corrected chi connectivity index (χ4v) is 3.80. The predicted octanol–water partition coefficient (Wildman–Crippen LogP) is 4.69. The van der Waals surface area contributed by atoms with Crippen LogP contribution in [0.4, 0.5) is 0 Å². The smallest absolute Gasteiger partial charge is 0.222 e. The monoisotopic (exact) mass is 390 g/mol. The summed E-state index contributed by atoms with van der Waals surface area (Å²) in [5.41, 5.74) is 3.06. The van der Waals surface area contributed by atoms with E-state index in [0.29, 0.717) is 12.2 Å². The zero-order valence-corrected chi connectivity index (χ0v) is 16.9. The Bertz CT molecular complexity index is 1010. The van der Waals surface area contributed by atoms with Gasteiger partial charge >= 0.3 is 0 Å². The third-order valence-corrected chi connectivity index (χ3v) is 5.48. The number of hydrogen-bond donors (Lipinski definition) is 0. The number of carbonyl (C=O) groups excluding carboxylic acids is 1. The number of methoxy groups -OCH3 is 1. The molecule has 1 amide bonds. The predicted molar refractivity (Wildman–Crippen MR) is 114 cm³/mol. The van der Waals surface area contributed by atoms with Crippen molar-refractivity contribution in [3.8, 4) is 22.6 Å². The number of carbonyl (C=O) groups is 1. The Balaban J connectivity index is 1.50. The number of rotatable bonds is 5. The van der Waals surface area contributed by atoms with Crippen LogP contribution in [0, 0.1) is 0 Å². The van der Waals surface area contributed by atoms with Crippen LogP contribution in [0.2, 0.25) is 0 Å². The summed E-state index contributed by atoms with van der Waals surface area (Å²) in [6.07, 6.45) is 4.22. The van der Waals surface area contributed by atoms with E-state index in [2.05, 4.69) is 17.1 Å². The maximum absolute atomic E-state index is 11.8. The Morgan fingerprint density at radius 1 is 1.07 bits per heavy atom. The zero-order chi connectivity index (χ0) is 20.2. The van der Waals surface area contributed by atoms with Crippen LogP contribution < -0.4 is 9.47 Å². The molecule has 3 aromatic rings. The summed E-state index contributed by atoms with van der Waals surface area (Å²) < 4.78 is 11.8. The van der Waals surface area contributed by atoms with Crippen LogP contribution in [0.3, 0.4) is 0 Å². The molecule has 0 N–H and O–H groups in total. The molecular formula is C24H26N2O3. The molecule has 1 aliphatic heterocycles. The summed E-state index contributed by atoms with van der Waals surface area (Å²) in [5.74, 6) is 1.67. The number of hydrogen-bond acceptors (Lipinski definition) is 4. The second-order valence-corrected chi connectivity index (χ2v) is 7.33. The lowest BCUT2D eigenvalue weighted by atomic mass is 10.0. The molecule has 1 fully saturated rings. The Labute approximate surface area is 171 Å². The molecule has 0 bridgehead atoms. The maximum Gasteiger partial charge on any atom is 0.222 e. The van der Waals surface area contributed by atoms with Crippen molar-refractivity contribution in [2.24, 2.45) is 0 Å². The normalized spacial score (nSPS) is 14.8. The first-order chi connectivity index (χ1) is 14.2. The molecule has 1 saturated heterocycles. The standard InChI is InChI=1S/C24H26N2O3/c1-3-24(27)26-12-10-20(11-13-26)29-22-9-8-17(15-23(22)28-2)19-14-18-6-4-5-7-21(18)25-16-19/h4-9,14-16,20H,3,10-13H2,1-2H3. The number of aromatic nitrogens is 1. The molecule has 0 aliphatic carbocycles. The first kappa shape index (κ1) is 19.2. The molecule has 4 rings (SSSR count). The lowest BCUT2D eigenvalue weighted by Crippen LogP contribution is -2.41. The second-order valence-electron chi connectivity index (χ2n) is 7.33. The molecule has 5 heteroatoms. The van der Waals surface area contributed by atoms with Gasteiger partial charge in [-0.05, 0) is 29.8 Å². The van der Waals surface area contributed by atoms with Crippen molar-refractivity contribution >= 4 is 16.8 Å². The van der Waals surface area contributed by atoms with Gasteiger partial charge in [-0.25, -0.2) is 0 Å². The number of fused-ring (bicyclic) bond motifs is 1. The van der Waals surface area contributed by atoms with Crippen LogP contribution in [0.1, 0.15) is 26.2 Å². The minimum Gasteiger partial charge on any atom is -0.493 e. The Hall–Kier alpha value is -3.08. The molecule has 150 valence electrons. The highest BCUT2D eigenvalue weighted by molar-refractivity contribution is 5.83. The van der Waals surface area contributed by atoms with Gasteiger partial charge in [0.15, 0.2) is 11.5 Å². The van der Waals surface area contributed by atoms with E-state index in [9.17, 15) is 4.79 Å². The molecule has 5 nitrogen and oxygen atoms in total. The quantitative estimate of drug-likeness (QED) is 0.634. The lowest BCUT2D eigenvalue weighted by Gasteiger charge is -2.32. The van der Waals surface area contributed by atoms with Gasteiger partial charge in [-0.15, -0.1) is 0 Å². The van der Waals surface area contributed by atoms with Crippen molar-refractivity contribution < 1.29 is 14.3 Å². The van der Waals surface area contributed by atoms with Crippen molar-refractivity contribution in [3.63, 3.8) is 0 Å². The second kappa shape index (κ2) is 8.52. The fraction of sp³-hybridized carbons (Fsp3) is 0.333. The number of likely N-dealkylation sites (tertiary alicyclic amines) is 1. The van der Waals surface area contributed by atoms with Crippen molar-refractivity contribution in [2.75, 3.05) is 20.2 Å². The molecule has 0 saturated carbocycles. The summed E-state index contributed by atoms with van der Waals surface area (Å²) >= 11 is 0. The van der Waals surface area contributed by atoms with Crippen molar-refractivity contribution in [1.82, 2.24) is 9.88 Å². The van der Waals surface area contributed by atoms with Crippen LogP contribution in [0.25, 0.3) is 22.0 Å². The third-order valence-electron chi connectivity index (χ3n) is 5.48. The van der Waals surface area contributed by atoms with Gasteiger partial charge in [0.1, 0.15) is 6.10 Å². The van der Waals surface area contributed by atoms with E-state index >= 15 is 0 Å². The average molecular weight is 390 g/mol. The Kier molecular flexibility index (Phi) is 5.65. The molecule has 1 aromatic heterocycles. The summed E-state index contributed by atoms with van der Waals surface area (Å²) in [7, 11) is 1.66. The molecule has 2 aromatic carbocycles. The van der Waals surface area contributed by atoms with Gasteiger partial charge in [0.25, 0.3) is 0 Å². The molecular weight excluding hydrogens is 364 g/mol. The van der Waals surface area contributed by atoms with E-state index in [1.165, 1.54) is 0 Å². The van der Waals surface area contributed by atoms with Crippen molar-refractivity contribution in [1.29, 1.82) is 0 Å². The average Bonchev–Trinajstić information content (AvgIpc) is 2.79. The molecule has 0 unspecified atom stereocenters. The van der Waals surface area contributed by atoms with Crippen LogP contribution in [0.15, 0.2) is 54.7 Å². The van der Waals surface area contributed by atoms with Crippen LogP contribution in [0.5, 0.6) is 11.5 Å². The van der Waals surface area contributed by atoms with Crippen LogP contribution in [-0.4, -0.2) is 42.1 Å². The molecule has 0 radical (unpaired) electrons. The summed E-state index contributed by atoms with van der Waals surface area (Å²) in [6, 6.07) is 16.2. The minimum absolute atomic E-state index is 0.0954. The maximum atomic E-state index is 11.8. The third kappa shape index (κ3) is 4.19. The Morgan fingerprint density at radius 2 is 1.86 bits per heavy atom. The van der Waals surface area contributed by atoms with E-state index in [-0.39, 0.29) is 12.0 Å². The minimum atomic E-state index is 0.0954. The van der Waals surface area contributed by atoms with Gasteiger partial charge in [0.2, 0.25) is 5.91 Å². The zero-order valence-electron chi connectivity index (χ0n) is 16.9. The van der Waals surface area contributed by atoms with Crippen LogP contribution >= 0.6 is 0 Å². The first-order valence-electron chi connectivity index (χ1n) is 10.2. The van der Waals surface area contributed by atoms with Gasteiger partial charge in [0, 0.05) is 49.5 Å². The molecule has 0 atom stereocenters. The number of para-hydroxylation sites is 1. The van der Waals surface area contributed by atoms with Crippen LogP contribution in [-0.2, 0) is 4.79 Å². The summed E-state index contributed by atoms with van der Waals surface area (Å²) in [6.45, 7) is 3.41. The van der Waals surface area contributed by atoms with Crippen molar-refractivity contribution in [3.05, 3.63) is 54.7 Å². The SMILES string of the molecule is CCC(=O)N1CCC(Oc2ccc(-c3cnc4ccccc4c3)cc2OC)CC1. The summed E-state index contributed by atoms with van der Waals surface area (Å²) in [5, 5.41) is 1.11. The number of benzene rings is 2. The van der Waals surface area contributed by atoms with E-state index in [0.717, 1.165) is 53.7 Å². The van der Waals surface area contributed by atoms with Gasteiger partial charge in [-0.2, -0.15) is 0 Å². The van der Waals surface area contributed by atoms with E-state index < -0.39 is 0 Å². The summed E-state index contributed by atoms with van der Waals surface area (Å²) in [4.78, 5) is 18.3. The topological polar surface area (TPSA) is 51.7 Å². The van der Waals surface area contributed by atoms with Gasteiger partial charge in [-0.1, -0.05) is 31.2 Å². The van der Waals surface area contributed by atoms with Gasteiger partial charge < -0.3 is 14.4 Å². The highest BCUT2D eigenvalue weighted by Gasteiger charge is 2.24. The number of piperidine rings is 1.